The van der Waals surface area contributed by atoms with Gasteiger partial charge in [0.1, 0.15) is 17.2 Å². The summed E-state index contributed by atoms with van der Waals surface area (Å²) >= 11 is 1.53. The summed E-state index contributed by atoms with van der Waals surface area (Å²) in [5.41, 5.74) is -1.84. The van der Waals surface area contributed by atoms with Crippen LogP contribution in [0.5, 0.6) is 0 Å². The first-order chi connectivity index (χ1) is 5.82. The normalized spacial score (nSPS) is 11.8. The summed E-state index contributed by atoms with van der Waals surface area (Å²) in [6, 6.07) is 1.26. The third-order valence-corrected chi connectivity index (χ3v) is 1.91. The molecule has 0 saturated heterocycles. The van der Waals surface area contributed by atoms with Crippen molar-refractivity contribution in [1.29, 1.82) is 0 Å². The van der Waals surface area contributed by atoms with Crippen LogP contribution in [0, 0.1) is 15.2 Å². The summed E-state index contributed by atoms with van der Waals surface area (Å²) < 4.78 is 61.2. The highest BCUT2D eigenvalue weighted by Gasteiger charge is 2.37. The molecule has 1 aromatic rings. The van der Waals surface area contributed by atoms with E-state index in [-0.39, 0.29) is 3.57 Å². The van der Waals surface area contributed by atoms with Crippen LogP contribution in [0.2, 0.25) is 0 Å². The third kappa shape index (κ3) is 2.29. The van der Waals surface area contributed by atoms with Gasteiger partial charge in [0.15, 0.2) is 0 Å². The highest BCUT2D eigenvalue weighted by atomic mass is 127. The smallest absolute Gasteiger partial charge is 0.206 e. The van der Waals surface area contributed by atoms with Crippen LogP contribution in [0.15, 0.2) is 12.1 Å². The molecule has 0 amide bonds. The van der Waals surface area contributed by atoms with Crippen LogP contribution < -0.4 is 0 Å². The Labute approximate surface area is 83.9 Å². The zero-order valence-electron chi connectivity index (χ0n) is 5.92. The lowest BCUT2D eigenvalue weighted by molar-refractivity contribution is -0.142. The lowest BCUT2D eigenvalue weighted by Crippen LogP contribution is -2.11. The van der Waals surface area contributed by atoms with Crippen molar-refractivity contribution in [3.63, 3.8) is 0 Å². The average Bonchev–Trinajstić information content (AvgIpc) is 1.78. The van der Waals surface area contributed by atoms with E-state index in [4.69, 9.17) is 0 Å². The lowest BCUT2D eigenvalue weighted by Gasteiger charge is -2.08. The van der Waals surface area contributed by atoms with Gasteiger partial charge in [-0.15, -0.1) is 0 Å². The Morgan fingerprint density at radius 1 is 1.00 bits per heavy atom. The first-order valence-electron chi connectivity index (χ1n) is 3.04. The zero-order valence-corrected chi connectivity index (χ0v) is 8.08. The van der Waals surface area contributed by atoms with Gasteiger partial charge in [-0.05, 0) is 34.7 Å². The van der Waals surface area contributed by atoms with Gasteiger partial charge in [-0.1, -0.05) is 0 Å². The molecule has 0 saturated carbocycles. The minimum atomic E-state index is -4.99. The molecule has 6 heteroatoms. The minimum Gasteiger partial charge on any atom is -0.206 e. The molecule has 0 aliphatic heterocycles. The van der Waals surface area contributed by atoms with E-state index in [1.54, 1.807) is 0 Å². The monoisotopic (exact) mass is 308 g/mol. The summed E-state index contributed by atoms with van der Waals surface area (Å²) in [6.45, 7) is 0. The molecule has 1 rings (SSSR count). The van der Waals surface area contributed by atoms with Crippen LogP contribution in [0.25, 0.3) is 0 Å². The molecule has 0 fully saturated rings. The van der Waals surface area contributed by atoms with Crippen molar-refractivity contribution in [1.82, 2.24) is 0 Å². The van der Waals surface area contributed by atoms with Crippen molar-refractivity contribution >= 4 is 22.6 Å². The van der Waals surface area contributed by atoms with Gasteiger partial charge in [-0.25, -0.2) is 8.78 Å². The Morgan fingerprint density at radius 3 is 1.69 bits per heavy atom. The van der Waals surface area contributed by atoms with Gasteiger partial charge in [0, 0.05) is 3.57 Å². The van der Waals surface area contributed by atoms with Gasteiger partial charge in [-0.3, -0.25) is 0 Å². The molecule has 0 unspecified atom stereocenters. The minimum absolute atomic E-state index is 0.0839. The SMILES string of the molecule is Fc1cc(I)cc(F)c1C(F)(F)F. The van der Waals surface area contributed by atoms with E-state index in [0.29, 0.717) is 12.1 Å². The number of benzene rings is 1. The van der Waals surface area contributed by atoms with Crippen molar-refractivity contribution in [2.75, 3.05) is 0 Å². The van der Waals surface area contributed by atoms with Crippen LogP contribution in [0.4, 0.5) is 22.0 Å². The lowest BCUT2D eigenvalue weighted by atomic mass is 10.2. The molecular weight excluding hydrogens is 306 g/mol. The molecule has 13 heavy (non-hydrogen) atoms. The number of hydrogen-bond acceptors (Lipinski definition) is 0. The largest absolute Gasteiger partial charge is 0.422 e. The molecule has 0 atom stereocenters. The van der Waals surface area contributed by atoms with Crippen molar-refractivity contribution < 1.29 is 22.0 Å². The van der Waals surface area contributed by atoms with Crippen LogP contribution >= 0.6 is 22.6 Å². The van der Waals surface area contributed by atoms with Gasteiger partial charge in [0.05, 0.1) is 0 Å². The maximum absolute atomic E-state index is 12.6. The Morgan fingerprint density at radius 2 is 1.38 bits per heavy atom. The molecule has 0 aliphatic rings. The molecule has 0 heterocycles. The first-order valence-corrected chi connectivity index (χ1v) is 4.12. The second-order valence-electron chi connectivity index (χ2n) is 2.24. The average molecular weight is 308 g/mol. The van der Waals surface area contributed by atoms with E-state index >= 15 is 0 Å². The quantitative estimate of drug-likeness (QED) is 0.507. The fourth-order valence-corrected chi connectivity index (χ4v) is 1.36. The van der Waals surface area contributed by atoms with Crippen LogP contribution in [0.3, 0.4) is 0 Å². The molecular formula is C7H2F5I. The first kappa shape index (κ1) is 10.7. The maximum Gasteiger partial charge on any atom is 0.422 e. The number of halogens is 6. The predicted octanol–water partition coefficient (Wildman–Crippen LogP) is 3.59. The van der Waals surface area contributed by atoms with Crippen molar-refractivity contribution in [3.8, 4) is 0 Å². The maximum atomic E-state index is 12.6. The molecule has 0 radical (unpaired) electrons. The van der Waals surface area contributed by atoms with Crippen molar-refractivity contribution in [2.45, 2.75) is 6.18 Å². The standard InChI is InChI=1S/C7H2F5I/c8-4-1-3(13)2-5(9)6(4)7(10,11)12/h1-2H. The molecule has 0 aliphatic carbocycles. The third-order valence-electron chi connectivity index (χ3n) is 1.29. The zero-order chi connectivity index (χ0) is 10.2. The second kappa shape index (κ2) is 3.39. The topological polar surface area (TPSA) is 0 Å². The summed E-state index contributed by atoms with van der Waals surface area (Å²) in [7, 11) is 0. The molecule has 1 aromatic carbocycles. The van der Waals surface area contributed by atoms with Gasteiger partial charge in [0.25, 0.3) is 0 Å². The highest BCUT2D eigenvalue weighted by molar-refractivity contribution is 14.1. The van der Waals surface area contributed by atoms with E-state index in [9.17, 15) is 22.0 Å². The van der Waals surface area contributed by atoms with Crippen LogP contribution in [-0.4, -0.2) is 0 Å². The predicted molar refractivity (Wildman–Crippen MR) is 44.1 cm³/mol. The van der Waals surface area contributed by atoms with Crippen molar-refractivity contribution in [2.24, 2.45) is 0 Å². The van der Waals surface area contributed by atoms with Gasteiger partial charge < -0.3 is 0 Å². The van der Waals surface area contributed by atoms with Crippen LogP contribution in [0.1, 0.15) is 5.56 Å². The molecule has 72 valence electrons. The van der Waals surface area contributed by atoms with Gasteiger partial charge in [-0.2, -0.15) is 13.2 Å². The van der Waals surface area contributed by atoms with Crippen molar-refractivity contribution in [3.05, 3.63) is 32.9 Å². The van der Waals surface area contributed by atoms with E-state index in [2.05, 4.69) is 0 Å². The summed E-state index contributed by atoms with van der Waals surface area (Å²) in [5, 5.41) is 0. The van der Waals surface area contributed by atoms with E-state index in [0.717, 1.165) is 0 Å². The Kier molecular flexibility index (Phi) is 2.79. The van der Waals surface area contributed by atoms with Gasteiger partial charge in [0.2, 0.25) is 0 Å². The number of rotatable bonds is 0. The number of alkyl halides is 3. The number of hydrogen-bond donors (Lipinski definition) is 0. The summed E-state index contributed by atoms with van der Waals surface area (Å²) in [4.78, 5) is 0. The van der Waals surface area contributed by atoms with E-state index in [1.807, 2.05) is 0 Å². The molecule has 0 N–H and O–H groups in total. The highest BCUT2D eigenvalue weighted by Crippen LogP contribution is 2.33. The Hall–Kier alpha value is -0.400. The fraction of sp³-hybridized carbons (Fsp3) is 0.143. The summed E-state index contributed by atoms with van der Waals surface area (Å²) in [6.07, 6.45) is -4.99. The fourth-order valence-electron chi connectivity index (χ4n) is 0.813. The molecule has 0 bridgehead atoms. The molecule has 0 spiro atoms. The van der Waals surface area contributed by atoms with Crippen LogP contribution in [-0.2, 0) is 6.18 Å². The Balaban J connectivity index is 3.38. The van der Waals surface area contributed by atoms with E-state index in [1.165, 1.54) is 22.6 Å². The van der Waals surface area contributed by atoms with Gasteiger partial charge >= 0.3 is 6.18 Å². The second-order valence-corrected chi connectivity index (χ2v) is 3.49. The Bertz CT molecular complexity index is 307. The summed E-state index contributed by atoms with van der Waals surface area (Å²) in [5.74, 6) is -3.17. The van der Waals surface area contributed by atoms with E-state index < -0.39 is 23.4 Å². The molecule has 0 nitrogen and oxygen atoms in total. The molecule has 0 aromatic heterocycles.